The van der Waals surface area contributed by atoms with Crippen LogP contribution in [0.3, 0.4) is 0 Å². The Balaban J connectivity index is 1.84. The molecule has 0 radical (unpaired) electrons. The van der Waals surface area contributed by atoms with Crippen molar-refractivity contribution >= 4 is 17.2 Å². The second-order valence-electron chi connectivity index (χ2n) is 5.45. The van der Waals surface area contributed by atoms with Crippen LogP contribution in [0.2, 0.25) is 0 Å². The second kappa shape index (κ2) is 7.20. The highest BCUT2D eigenvalue weighted by atomic mass is 32.1. The van der Waals surface area contributed by atoms with Gasteiger partial charge in [-0.05, 0) is 29.3 Å². The number of methoxy groups -OCH3 is 1. The van der Waals surface area contributed by atoms with Gasteiger partial charge in [0.05, 0.1) is 12.5 Å². The summed E-state index contributed by atoms with van der Waals surface area (Å²) in [6.07, 6.45) is 0. The quantitative estimate of drug-likeness (QED) is 0.835. The summed E-state index contributed by atoms with van der Waals surface area (Å²) < 4.78 is 5.07. The van der Waals surface area contributed by atoms with Crippen molar-refractivity contribution in [2.75, 3.05) is 39.9 Å². The van der Waals surface area contributed by atoms with Gasteiger partial charge in [-0.1, -0.05) is 6.92 Å². The van der Waals surface area contributed by atoms with Crippen LogP contribution in [0, 0.1) is 5.92 Å². The zero-order valence-electron chi connectivity index (χ0n) is 12.5. The van der Waals surface area contributed by atoms with Crippen LogP contribution in [0.4, 0.5) is 0 Å². The van der Waals surface area contributed by atoms with E-state index in [1.54, 1.807) is 18.4 Å². The molecule has 1 amide bonds. The van der Waals surface area contributed by atoms with E-state index in [2.05, 4.69) is 28.7 Å². The molecule has 2 atom stereocenters. The first-order valence-electron chi connectivity index (χ1n) is 7.17. The average Bonchev–Trinajstić information content (AvgIpc) is 3.00. The number of rotatable bonds is 5. The lowest BCUT2D eigenvalue weighted by Crippen LogP contribution is -2.50. The smallest absolute Gasteiger partial charge is 0.227 e. The van der Waals surface area contributed by atoms with E-state index in [-0.39, 0.29) is 11.8 Å². The largest absolute Gasteiger partial charge is 0.384 e. The molecule has 0 N–H and O–H groups in total. The van der Waals surface area contributed by atoms with Gasteiger partial charge in [0.2, 0.25) is 5.91 Å². The first-order valence-corrected chi connectivity index (χ1v) is 8.11. The zero-order chi connectivity index (χ0) is 14.5. The van der Waals surface area contributed by atoms with Crippen LogP contribution >= 0.6 is 11.3 Å². The molecule has 1 aliphatic rings. The minimum Gasteiger partial charge on any atom is -0.384 e. The van der Waals surface area contributed by atoms with Crippen LogP contribution in [0.1, 0.15) is 25.5 Å². The zero-order valence-corrected chi connectivity index (χ0v) is 13.4. The molecule has 1 saturated heterocycles. The van der Waals surface area contributed by atoms with Crippen LogP contribution < -0.4 is 0 Å². The number of nitrogens with zero attached hydrogens (tertiary/aromatic N) is 2. The predicted octanol–water partition coefficient (Wildman–Crippen LogP) is 2.24. The molecule has 4 nitrogen and oxygen atoms in total. The summed E-state index contributed by atoms with van der Waals surface area (Å²) in [6, 6.07) is 2.63. The minimum atomic E-state index is -0.0409. The summed E-state index contributed by atoms with van der Waals surface area (Å²) in [7, 11) is 1.64. The van der Waals surface area contributed by atoms with Crippen molar-refractivity contribution in [2.45, 2.75) is 19.9 Å². The van der Waals surface area contributed by atoms with Gasteiger partial charge in [0, 0.05) is 39.3 Å². The van der Waals surface area contributed by atoms with E-state index >= 15 is 0 Å². The third-order valence-corrected chi connectivity index (χ3v) is 4.74. The average molecular weight is 296 g/mol. The molecular weight excluding hydrogens is 272 g/mol. The topological polar surface area (TPSA) is 32.8 Å². The number of ether oxygens (including phenoxy) is 1. The molecule has 0 bridgehead atoms. The van der Waals surface area contributed by atoms with Crippen molar-refractivity contribution in [1.82, 2.24) is 9.80 Å². The minimum absolute atomic E-state index is 0.0409. The third kappa shape index (κ3) is 3.59. The summed E-state index contributed by atoms with van der Waals surface area (Å²) in [5.74, 6) is 0.176. The lowest BCUT2D eigenvalue weighted by Gasteiger charge is -2.38. The first-order chi connectivity index (χ1) is 9.63. The Morgan fingerprint density at radius 1 is 1.35 bits per heavy atom. The molecule has 112 valence electrons. The number of piperazine rings is 1. The molecular formula is C15H24N2O2S. The number of hydrogen-bond acceptors (Lipinski definition) is 4. The van der Waals surface area contributed by atoms with E-state index in [9.17, 15) is 4.79 Å². The highest BCUT2D eigenvalue weighted by molar-refractivity contribution is 7.07. The molecule has 1 fully saturated rings. The molecule has 0 aliphatic carbocycles. The summed E-state index contributed by atoms with van der Waals surface area (Å²) in [5.41, 5.74) is 1.38. The van der Waals surface area contributed by atoms with Crippen molar-refractivity contribution < 1.29 is 9.53 Å². The lowest BCUT2D eigenvalue weighted by molar-refractivity contribution is -0.138. The molecule has 2 heterocycles. The molecule has 0 spiro atoms. The Labute approximate surface area is 125 Å². The normalized spacial score (nSPS) is 19.9. The SMILES string of the molecule is COC[C@H](C)C(=O)N1CCN([C@@H](C)c2ccsc2)CC1. The summed E-state index contributed by atoms with van der Waals surface area (Å²) in [4.78, 5) is 16.6. The summed E-state index contributed by atoms with van der Waals surface area (Å²) >= 11 is 1.74. The van der Waals surface area contributed by atoms with E-state index in [0.717, 1.165) is 26.2 Å². The highest BCUT2D eigenvalue weighted by Crippen LogP contribution is 2.23. The van der Waals surface area contributed by atoms with Crippen molar-refractivity contribution in [3.63, 3.8) is 0 Å². The molecule has 5 heteroatoms. The van der Waals surface area contributed by atoms with E-state index in [0.29, 0.717) is 12.6 Å². The van der Waals surface area contributed by atoms with Gasteiger partial charge in [0.25, 0.3) is 0 Å². The van der Waals surface area contributed by atoms with Gasteiger partial charge in [-0.15, -0.1) is 0 Å². The fraction of sp³-hybridized carbons (Fsp3) is 0.667. The Bertz CT molecular complexity index is 414. The molecule has 1 aromatic heterocycles. The van der Waals surface area contributed by atoms with E-state index < -0.39 is 0 Å². The Morgan fingerprint density at radius 2 is 2.05 bits per heavy atom. The Morgan fingerprint density at radius 3 is 2.60 bits per heavy atom. The Hall–Kier alpha value is -0.910. The van der Waals surface area contributed by atoms with Crippen LogP contribution in [0.15, 0.2) is 16.8 Å². The van der Waals surface area contributed by atoms with E-state index in [4.69, 9.17) is 4.74 Å². The van der Waals surface area contributed by atoms with Gasteiger partial charge in [-0.25, -0.2) is 0 Å². The van der Waals surface area contributed by atoms with Crippen molar-refractivity contribution in [2.24, 2.45) is 5.92 Å². The fourth-order valence-electron chi connectivity index (χ4n) is 2.69. The van der Waals surface area contributed by atoms with Gasteiger partial charge < -0.3 is 9.64 Å². The van der Waals surface area contributed by atoms with Gasteiger partial charge in [0.15, 0.2) is 0 Å². The van der Waals surface area contributed by atoms with Gasteiger partial charge in [-0.2, -0.15) is 11.3 Å². The lowest BCUT2D eigenvalue weighted by atomic mass is 10.1. The molecule has 20 heavy (non-hydrogen) atoms. The fourth-order valence-corrected chi connectivity index (χ4v) is 3.43. The van der Waals surface area contributed by atoms with Crippen molar-refractivity contribution in [3.8, 4) is 0 Å². The highest BCUT2D eigenvalue weighted by Gasteiger charge is 2.27. The summed E-state index contributed by atoms with van der Waals surface area (Å²) in [5, 5.41) is 4.33. The molecule has 0 saturated carbocycles. The first kappa shape index (κ1) is 15.5. The number of amides is 1. The molecule has 1 aliphatic heterocycles. The standard InChI is InChI=1S/C15H24N2O2S/c1-12(10-19-3)15(18)17-7-5-16(6-8-17)13(2)14-4-9-20-11-14/h4,9,11-13H,5-8,10H2,1-3H3/t12-,13-/m0/s1. The van der Waals surface area contributed by atoms with Crippen molar-refractivity contribution in [1.29, 1.82) is 0 Å². The molecule has 2 rings (SSSR count). The van der Waals surface area contributed by atoms with Crippen LogP contribution in [0.5, 0.6) is 0 Å². The van der Waals surface area contributed by atoms with Gasteiger partial charge in [-0.3, -0.25) is 9.69 Å². The maximum Gasteiger partial charge on any atom is 0.227 e. The number of carbonyl (C=O) groups is 1. The predicted molar refractivity (Wildman–Crippen MR) is 81.9 cm³/mol. The van der Waals surface area contributed by atoms with E-state index in [1.807, 2.05) is 11.8 Å². The molecule has 1 aromatic rings. The monoisotopic (exact) mass is 296 g/mol. The van der Waals surface area contributed by atoms with E-state index in [1.165, 1.54) is 5.56 Å². The van der Waals surface area contributed by atoms with Gasteiger partial charge in [0.1, 0.15) is 0 Å². The van der Waals surface area contributed by atoms with Gasteiger partial charge >= 0.3 is 0 Å². The number of hydrogen-bond donors (Lipinski definition) is 0. The number of thiophene rings is 1. The second-order valence-corrected chi connectivity index (χ2v) is 6.23. The molecule has 0 aromatic carbocycles. The third-order valence-electron chi connectivity index (χ3n) is 4.04. The maximum atomic E-state index is 12.2. The van der Waals surface area contributed by atoms with Crippen LogP contribution in [0.25, 0.3) is 0 Å². The van der Waals surface area contributed by atoms with Crippen LogP contribution in [-0.4, -0.2) is 55.6 Å². The Kier molecular flexibility index (Phi) is 5.57. The summed E-state index contributed by atoms with van der Waals surface area (Å²) in [6.45, 7) is 8.22. The van der Waals surface area contributed by atoms with Crippen molar-refractivity contribution in [3.05, 3.63) is 22.4 Å². The van der Waals surface area contributed by atoms with Crippen LogP contribution in [-0.2, 0) is 9.53 Å². The maximum absolute atomic E-state index is 12.2. The molecule has 0 unspecified atom stereocenters. The number of carbonyl (C=O) groups excluding carboxylic acids is 1.